The summed E-state index contributed by atoms with van der Waals surface area (Å²) in [5.41, 5.74) is 1.14. The highest BCUT2D eigenvalue weighted by Crippen LogP contribution is 2.31. The zero-order valence-electron chi connectivity index (χ0n) is 20.6. The van der Waals surface area contributed by atoms with Crippen LogP contribution >= 0.6 is 23.3 Å². The Labute approximate surface area is 214 Å². The van der Waals surface area contributed by atoms with Gasteiger partial charge in [0.2, 0.25) is 5.91 Å². The number of fused-ring (bicyclic) bond motifs is 1. The Hall–Kier alpha value is -2.82. The summed E-state index contributed by atoms with van der Waals surface area (Å²) in [5.74, 6) is 0.713. The minimum Gasteiger partial charge on any atom is -0.497 e. The zero-order valence-corrected chi connectivity index (χ0v) is 22.3. The number of carbonyl (C=O) groups is 2. The topological polar surface area (TPSA) is 102 Å². The average Bonchev–Trinajstić information content (AvgIpc) is 3.23. The average molecular weight is 517 g/mol. The lowest BCUT2D eigenvalue weighted by Crippen LogP contribution is -2.33. The summed E-state index contributed by atoms with van der Waals surface area (Å²) < 4.78 is 15.0. The molecule has 0 spiro atoms. The maximum atomic E-state index is 12.3. The van der Waals surface area contributed by atoms with Gasteiger partial charge in [-0.2, -0.15) is 0 Å². The second kappa shape index (κ2) is 12.2. The molecule has 3 aromatic rings. The van der Waals surface area contributed by atoms with Crippen molar-refractivity contribution in [1.82, 2.24) is 15.0 Å². The van der Waals surface area contributed by atoms with E-state index in [9.17, 15) is 9.59 Å². The first-order chi connectivity index (χ1) is 16.6. The van der Waals surface area contributed by atoms with Crippen molar-refractivity contribution in [1.29, 1.82) is 0 Å². The number of rotatable bonds is 10. The highest BCUT2D eigenvalue weighted by molar-refractivity contribution is 7.97. The van der Waals surface area contributed by atoms with Crippen LogP contribution in [0.5, 0.6) is 5.75 Å². The third-order valence-electron chi connectivity index (χ3n) is 4.70. The van der Waals surface area contributed by atoms with E-state index in [2.05, 4.69) is 22.3 Å². The number of nitrogens with one attached hydrogen (secondary N) is 3. The molecule has 1 aromatic heterocycles. The van der Waals surface area contributed by atoms with Crippen molar-refractivity contribution in [3.8, 4) is 5.75 Å². The normalized spacial score (nSPS) is 12.3. The fourth-order valence-corrected chi connectivity index (χ4v) is 4.89. The molecule has 8 nitrogen and oxygen atoms in total. The summed E-state index contributed by atoms with van der Waals surface area (Å²) in [5, 5.41) is 6.56. The van der Waals surface area contributed by atoms with Gasteiger partial charge in [0.25, 0.3) is 0 Å². The van der Waals surface area contributed by atoms with Crippen molar-refractivity contribution in [2.75, 3.05) is 19.0 Å². The van der Waals surface area contributed by atoms with E-state index in [1.807, 2.05) is 42.5 Å². The van der Waals surface area contributed by atoms with Crippen LogP contribution in [-0.2, 0) is 9.53 Å². The van der Waals surface area contributed by atoms with Crippen LogP contribution in [0.4, 0.5) is 10.5 Å². The Morgan fingerprint density at radius 1 is 1.17 bits per heavy atom. The Kier molecular flexibility index (Phi) is 9.36. The molecule has 0 saturated heterocycles. The van der Waals surface area contributed by atoms with E-state index in [0.717, 1.165) is 31.6 Å². The molecular formula is C25H32N4O4S2. The summed E-state index contributed by atoms with van der Waals surface area (Å²) in [6, 6.07) is 13.6. The summed E-state index contributed by atoms with van der Waals surface area (Å²) in [4.78, 5) is 29.6. The molecule has 0 saturated carbocycles. The molecule has 10 heteroatoms. The molecular weight excluding hydrogens is 484 g/mol. The molecule has 0 aliphatic rings. The number of amides is 2. The standard InChI is InChI=1S/C25H32N4O4S2/c1-16(23-28-20-12-11-18(32-5)15-21(20)34-23)29-35-19-9-6-8-17(14-19)27-22(30)10-7-13-26-24(31)33-25(2,3)4/h6,8-9,11-12,14-16,29H,7,10,13H2,1-5H3,(H,26,31)(H,27,30). The third-order valence-corrected chi connectivity index (χ3v) is 6.86. The number of hydrogen-bond donors (Lipinski definition) is 3. The number of anilines is 1. The Morgan fingerprint density at radius 2 is 1.97 bits per heavy atom. The molecule has 0 bridgehead atoms. The van der Waals surface area contributed by atoms with Crippen molar-refractivity contribution in [3.63, 3.8) is 0 Å². The first-order valence-electron chi connectivity index (χ1n) is 11.4. The number of aromatic nitrogens is 1. The first-order valence-corrected chi connectivity index (χ1v) is 13.0. The minimum absolute atomic E-state index is 0.0408. The highest BCUT2D eigenvalue weighted by Gasteiger charge is 2.16. The van der Waals surface area contributed by atoms with Gasteiger partial charge in [0.1, 0.15) is 16.4 Å². The Balaban J connectivity index is 1.45. The van der Waals surface area contributed by atoms with Gasteiger partial charge in [-0.15, -0.1) is 11.3 Å². The lowest BCUT2D eigenvalue weighted by molar-refractivity contribution is -0.116. The number of methoxy groups -OCH3 is 1. The van der Waals surface area contributed by atoms with E-state index in [4.69, 9.17) is 14.5 Å². The van der Waals surface area contributed by atoms with Gasteiger partial charge in [0, 0.05) is 23.5 Å². The SMILES string of the molecule is COc1ccc2nc(C(C)NSc3cccc(NC(=O)CCCNC(=O)OC(C)(C)C)c3)sc2c1. The van der Waals surface area contributed by atoms with E-state index < -0.39 is 11.7 Å². The van der Waals surface area contributed by atoms with E-state index >= 15 is 0 Å². The van der Waals surface area contributed by atoms with Gasteiger partial charge in [0.05, 0.1) is 23.4 Å². The maximum absolute atomic E-state index is 12.3. The van der Waals surface area contributed by atoms with Gasteiger partial charge in [-0.3, -0.25) is 9.52 Å². The lowest BCUT2D eigenvalue weighted by Gasteiger charge is -2.19. The van der Waals surface area contributed by atoms with Gasteiger partial charge in [-0.25, -0.2) is 9.78 Å². The summed E-state index contributed by atoms with van der Waals surface area (Å²) in [6.45, 7) is 7.86. The Morgan fingerprint density at radius 3 is 2.71 bits per heavy atom. The fraction of sp³-hybridized carbons (Fsp3) is 0.400. The molecule has 0 fully saturated rings. The lowest BCUT2D eigenvalue weighted by atomic mass is 10.2. The van der Waals surface area contributed by atoms with Crippen LogP contribution in [0.3, 0.4) is 0 Å². The molecule has 0 radical (unpaired) electrons. The minimum atomic E-state index is -0.542. The van der Waals surface area contributed by atoms with Crippen molar-refractivity contribution in [3.05, 3.63) is 47.5 Å². The van der Waals surface area contributed by atoms with Crippen molar-refractivity contribution in [2.45, 2.75) is 57.1 Å². The van der Waals surface area contributed by atoms with Crippen LogP contribution < -0.4 is 20.1 Å². The molecule has 188 valence electrons. The van der Waals surface area contributed by atoms with Crippen LogP contribution in [0.1, 0.15) is 51.6 Å². The van der Waals surface area contributed by atoms with Gasteiger partial charge in [-0.05, 0) is 82.5 Å². The highest BCUT2D eigenvalue weighted by atomic mass is 32.2. The molecule has 1 heterocycles. The monoisotopic (exact) mass is 516 g/mol. The molecule has 1 unspecified atom stereocenters. The van der Waals surface area contributed by atoms with Crippen LogP contribution in [0, 0.1) is 0 Å². The Bertz CT molecular complexity index is 1160. The molecule has 35 heavy (non-hydrogen) atoms. The number of ether oxygens (including phenoxy) is 2. The van der Waals surface area contributed by atoms with Gasteiger partial charge in [0.15, 0.2) is 0 Å². The van der Waals surface area contributed by atoms with Crippen LogP contribution in [-0.4, -0.2) is 36.2 Å². The fourth-order valence-electron chi connectivity index (χ4n) is 3.06. The summed E-state index contributed by atoms with van der Waals surface area (Å²) in [6.07, 6.45) is 0.340. The second-order valence-corrected chi connectivity index (χ2v) is 10.9. The van der Waals surface area contributed by atoms with Crippen molar-refractivity contribution < 1.29 is 19.1 Å². The number of nitrogens with zero attached hydrogens (tertiary/aromatic N) is 1. The van der Waals surface area contributed by atoms with E-state index in [1.165, 1.54) is 11.9 Å². The number of carbonyl (C=O) groups excluding carboxylic acids is 2. The predicted molar refractivity (Wildman–Crippen MR) is 142 cm³/mol. The van der Waals surface area contributed by atoms with Crippen LogP contribution in [0.15, 0.2) is 47.4 Å². The zero-order chi connectivity index (χ0) is 25.4. The van der Waals surface area contributed by atoms with E-state index in [1.54, 1.807) is 39.2 Å². The predicted octanol–water partition coefficient (Wildman–Crippen LogP) is 5.91. The molecule has 2 aromatic carbocycles. The largest absolute Gasteiger partial charge is 0.497 e. The number of thiazole rings is 1. The molecule has 0 aliphatic carbocycles. The molecule has 3 rings (SSSR count). The van der Waals surface area contributed by atoms with Crippen LogP contribution in [0.2, 0.25) is 0 Å². The van der Waals surface area contributed by atoms with Crippen molar-refractivity contribution >= 4 is 51.2 Å². The molecule has 2 amide bonds. The maximum Gasteiger partial charge on any atom is 0.407 e. The first kappa shape index (κ1) is 26.8. The van der Waals surface area contributed by atoms with E-state index in [-0.39, 0.29) is 11.9 Å². The van der Waals surface area contributed by atoms with Gasteiger partial charge in [-0.1, -0.05) is 6.07 Å². The third kappa shape index (κ3) is 8.72. The van der Waals surface area contributed by atoms with E-state index in [0.29, 0.717) is 19.4 Å². The number of alkyl carbamates (subject to hydrolysis) is 1. The smallest absolute Gasteiger partial charge is 0.407 e. The number of benzene rings is 2. The second-order valence-electron chi connectivity index (χ2n) is 8.94. The molecule has 3 N–H and O–H groups in total. The quantitative estimate of drug-likeness (QED) is 0.228. The number of hydrogen-bond acceptors (Lipinski definition) is 8. The van der Waals surface area contributed by atoms with Crippen LogP contribution in [0.25, 0.3) is 10.2 Å². The van der Waals surface area contributed by atoms with Crippen molar-refractivity contribution in [2.24, 2.45) is 0 Å². The molecule has 1 atom stereocenters. The van der Waals surface area contributed by atoms with Gasteiger partial charge >= 0.3 is 6.09 Å². The molecule has 0 aliphatic heterocycles. The summed E-state index contributed by atoms with van der Waals surface area (Å²) in [7, 11) is 1.66. The van der Waals surface area contributed by atoms with Gasteiger partial charge < -0.3 is 20.1 Å². The summed E-state index contributed by atoms with van der Waals surface area (Å²) >= 11 is 3.13.